The summed E-state index contributed by atoms with van der Waals surface area (Å²) in [6, 6.07) is 9.02. The first-order valence-electron chi connectivity index (χ1n) is 11.2. The summed E-state index contributed by atoms with van der Waals surface area (Å²) in [6.07, 6.45) is 8.91. The Morgan fingerprint density at radius 1 is 1.13 bits per heavy atom. The van der Waals surface area contributed by atoms with Gasteiger partial charge in [0.25, 0.3) is 5.91 Å². The highest BCUT2D eigenvalue weighted by atomic mass is 16.3. The molecule has 1 aromatic carbocycles. The number of aromatic hydroxyl groups is 1. The van der Waals surface area contributed by atoms with Gasteiger partial charge in [-0.1, -0.05) is 43.5 Å². The van der Waals surface area contributed by atoms with E-state index in [1.54, 1.807) is 16.5 Å². The van der Waals surface area contributed by atoms with Crippen LogP contribution in [0, 0.1) is 0 Å². The van der Waals surface area contributed by atoms with Gasteiger partial charge >= 0.3 is 5.56 Å². The molecular weight excluding hydrogens is 378 g/mol. The minimum Gasteiger partial charge on any atom is -0.501 e. The lowest BCUT2D eigenvalue weighted by Crippen LogP contribution is -2.42. The second-order valence-corrected chi connectivity index (χ2v) is 9.33. The first-order valence-corrected chi connectivity index (χ1v) is 11.2. The van der Waals surface area contributed by atoms with Crippen LogP contribution in [0.15, 0.2) is 29.1 Å². The number of fused-ring (bicyclic) bond motifs is 1. The van der Waals surface area contributed by atoms with Gasteiger partial charge in [0.2, 0.25) is 5.75 Å². The average molecular weight is 408 g/mol. The van der Waals surface area contributed by atoms with E-state index in [2.05, 4.69) is 29.2 Å². The molecule has 2 heterocycles. The highest BCUT2D eigenvalue weighted by Gasteiger charge is 2.39. The summed E-state index contributed by atoms with van der Waals surface area (Å²) in [5, 5.41) is 10.3. The van der Waals surface area contributed by atoms with Gasteiger partial charge in [-0.25, -0.2) is 0 Å². The fourth-order valence-corrected chi connectivity index (χ4v) is 5.50. The van der Waals surface area contributed by atoms with Crippen molar-refractivity contribution in [2.24, 2.45) is 0 Å². The first-order chi connectivity index (χ1) is 14.5. The van der Waals surface area contributed by atoms with Crippen molar-refractivity contribution < 1.29 is 9.90 Å². The lowest BCUT2D eigenvalue weighted by Gasteiger charge is -2.34. The second-order valence-electron chi connectivity index (χ2n) is 9.33. The molecule has 0 saturated heterocycles. The van der Waals surface area contributed by atoms with Crippen molar-refractivity contribution in [1.29, 1.82) is 0 Å². The molecule has 5 rings (SSSR count). The lowest BCUT2D eigenvalue weighted by molar-refractivity contribution is 0.0737. The van der Waals surface area contributed by atoms with Crippen molar-refractivity contribution in [1.82, 2.24) is 14.5 Å². The smallest absolute Gasteiger partial charge is 0.315 e. The normalized spacial score (nSPS) is 20.8. The minimum atomic E-state index is -0.698. The zero-order chi connectivity index (χ0) is 20.9. The third-order valence-corrected chi connectivity index (χ3v) is 7.58. The molecule has 2 aliphatic carbocycles. The fraction of sp³-hybridized carbons (Fsp3) is 0.542. The van der Waals surface area contributed by atoms with Crippen molar-refractivity contribution in [2.45, 2.75) is 69.2 Å². The van der Waals surface area contributed by atoms with Gasteiger partial charge < -0.3 is 14.6 Å². The Kier molecular flexibility index (Phi) is 4.68. The van der Waals surface area contributed by atoms with Gasteiger partial charge in [-0.3, -0.25) is 9.59 Å². The van der Waals surface area contributed by atoms with Crippen molar-refractivity contribution in [3.05, 3.63) is 57.3 Å². The third-order valence-electron chi connectivity index (χ3n) is 7.58. The molecule has 1 N–H and O–H groups in total. The van der Waals surface area contributed by atoms with Crippen LogP contribution in [-0.2, 0) is 18.4 Å². The lowest BCUT2D eigenvalue weighted by atomic mass is 9.73. The van der Waals surface area contributed by atoms with Crippen molar-refractivity contribution in [3.63, 3.8) is 0 Å². The zero-order valence-corrected chi connectivity index (χ0v) is 17.6. The summed E-state index contributed by atoms with van der Waals surface area (Å²) in [6.45, 7) is 1.10. The van der Waals surface area contributed by atoms with E-state index in [-0.39, 0.29) is 17.0 Å². The topological polar surface area (TPSA) is 75.4 Å². The van der Waals surface area contributed by atoms with Crippen molar-refractivity contribution >= 4 is 5.91 Å². The highest BCUT2D eigenvalue weighted by molar-refractivity contribution is 5.95. The van der Waals surface area contributed by atoms with E-state index in [0.29, 0.717) is 31.3 Å². The summed E-state index contributed by atoms with van der Waals surface area (Å²) < 4.78 is 1.79. The van der Waals surface area contributed by atoms with Crippen LogP contribution in [0.4, 0.5) is 0 Å². The van der Waals surface area contributed by atoms with E-state index in [1.165, 1.54) is 30.4 Å². The predicted molar refractivity (Wildman–Crippen MR) is 114 cm³/mol. The van der Waals surface area contributed by atoms with Crippen LogP contribution < -0.4 is 5.56 Å². The second kappa shape index (κ2) is 7.25. The highest BCUT2D eigenvalue weighted by Crippen LogP contribution is 2.45. The fourth-order valence-electron chi connectivity index (χ4n) is 5.50. The summed E-state index contributed by atoms with van der Waals surface area (Å²) in [4.78, 5) is 30.9. The van der Waals surface area contributed by atoms with E-state index in [4.69, 9.17) is 0 Å². The zero-order valence-electron chi connectivity index (χ0n) is 17.6. The summed E-state index contributed by atoms with van der Waals surface area (Å²) in [5.74, 6) is 0.471. The molecule has 30 heavy (non-hydrogen) atoms. The number of amides is 1. The van der Waals surface area contributed by atoms with E-state index in [0.717, 1.165) is 25.7 Å². The van der Waals surface area contributed by atoms with Crippen LogP contribution >= 0.6 is 0 Å². The number of hydrogen-bond donors (Lipinski definition) is 1. The number of likely N-dealkylation sites (N-methyl/N-ethyl adjacent to an activating group) is 1. The molecule has 1 amide bonds. The Bertz CT molecular complexity index is 1050. The number of aromatic nitrogens is 2. The molecule has 1 aromatic heterocycles. The molecule has 0 bridgehead atoms. The summed E-state index contributed by atoms with van der Waals surface area (Å²) in [5.41, 5.74) is 2.09. The maximum atomic E-state index is 12.7. The van der Waals surface area contributed by atoms with Crippen LogP contribution in [0.25, 0.3) is 0 Å². The quantitative estimate of drug-likeness (QED) is 0.843. The number of rotatable bonds is 4. The Labute approximate surface area is 176 Å². The van der Waals surface area contributed by atoms with E-state index < -0.39 is 11.3 Å². The van der Waals surface area contributed by atoms with Gasteiger partial charge in [-0.05, 0) is 42.7 Å². The van der Waals surface area contributed by atoms with Gasteiger partial charge in [-0.15, -0.1) is 0 Å². The predicted octanol–water partition coefficient (Wildman–Crippen LogP) is 3.36. The average Bonchev–Trinajstić information content (AvgIpc) is 3.17. The van der Waals surface area contributed by atoms with Crippen molar-refractivity contribution in [3.8, 4) is 5.75 Å². The van der Waals surface area contributed by atoms with Crippen LogP contribution in [-0.4, -0.2) is 39.1 Å². The van der Waals surface area contributed by atoms with Gasteiger partial charge in [0.15, 0.2) is 5.69 Å². The molecule has 2 saturated carbocycles. The van der Waals surface area contributed by atoms with Crippen LogP contribution in [0.5, 0.6) is 5.75 Å². The molecule has 0 atom stereocenters. The summed E-state index contributed by atoms with van der Waals surface area (Å²) >= 11 is 0. The Morgan fingerprint density at radius 3 is 2.60 bits per heavy atom. The van der Waals surface area contributed by atoms with E-state index in [9.17, 15) is 14.7 Å². The van der Waals surface area contributed by atoms with Gasteiger partial charge in [0.05, 0.1) is 0 Å². The maximum absolute atomic E-state index is 12.7. The largest absolute Gasteiger partial charge is 0.501 e. The molecule has 6 heteroatoms. The summed E-state index contributed by atoms with van der Waals surface area (Å²) in [7, 11) is 1.69. The third kappa shape index (κ3) is 3.04. The molecule has 6 nitrogen and oxygen atoms in total. The minimum absolute atomic E-state index is 0.0661. The SMILES string of the molecule is CN1CCn2c(CC3(c4cccc(C5CCC5)c4)CCCC3)nc(=O)c(O)c2C1=O. The number of carbonyl (C=O) groups is 1. The van der Waals surface area contributed by atoms with Crippen LogP contribution in [0.2, 0.25) is 0 Å². The number of hydrogen-bond acceptors (Lipinski definition) is 4. The molecule has 0 radical (unpaired) electrons. The molecule has 0 unspecified atom stereocenters. The number of benzene rings is 1. The maximum Gasteiger partial charge on any atom is 0.315 e. The Hall–Kier alpha value is -2.63. The van der Waals surface area contributed by atoms with Crippen LogP contribution in [0.1, 0.15) is 78.3 Å². The molecule has 3 aliphatic rings. The van der Waals surface area contributed by atoms with Gasteiger partial charge in [0, 0.05) is 32.0 Å². The Balaban J connectivity index is 1.57. The number of carbonyl (C=O) groups excluding carboxylic acids is 1. The molecule has 1 aliphatic heterocycles. The molecule has 0 spiro atoms. The first kappa shape index (κ1) is 19.3. The molecular formula is C24H29N3O3. The molecule has 2 aromatic rings. The van der Waals surface area contributed by atoms with Crippen molar-refractivity contribution in [2.75, 3.05) is 13.6 Å². The van der Waals surface area contributed by atoms with Crippen LogP contribution in [0.3, 0.4) is 0 Å². The van der Waals surface area contributed by atoms with Gasteiger partial charge in [-0.2, -0.15) is 4.98 Å². The number of nitrogens with zero attached hydrogens (tertiary/aromatic N) is 3. The Morgan fingerprint density at radius 2 is 1.90 bits per heavy atom. The molecule has 2 fully saturated rings. The van der Waals surface area contributed by atoms with E-state index >= 15 is 0 Å². The standard InChI is InChI=1S/C24H29N3O3/c1-26-12-13-27-19(25-22(29)21(28)20(27)23(26)30)15-24(10-2-3-11-24)18-9-5-8-17(14-18)16-6-4-7-16/h5,8-9,14,16,28H,2-4,6-7,10-13,15H2,1H3. The van der Waals surface area contributed by atoms with E-state index in [1.807, 2.05) is 0 Å². The van der Waals surface area contributed by atoms with Gasteiger partial charge in [0.1, 0.15) is 5.82 Å². The monoisotopic (exact) mass is 407 g/mol. The molecule has 158 valence electrons.